The molecule has 1 aromatic heterocycles. The topological polar surface area (TPSA) is 80.8 Å². The van der Waals surface area contributed by atoms with Gasteiger partial charge in [0.05, 0.1) is 26.3 Å². The van der Waals surface area contributed by atoms with Crippen molar-refractivity contribution in [1.29, 1.82) is 0 Å². The van der Waals surface area contributed by atoms with Crippen LogP contribution in [-0.2, 0) is 15.1 Å². The van der Waals surface area contributed by atoms with Gasteiger partial charge in [-0.25, -0.2) is 0 Å². The zero-order valence-electron chi connectivity index (χ0n) is 16.7. The van der Waals surface area contributed by atoms with Crippen LogP contribution in [0.2, 0.25) is 0 Å². The fourth-order valence-corrected chi connectivity index (χ4v) is 3.61. The molecule has 2 heterocycles. The van der Waals surface area contributed by atoms with Gasteiger partial charge >= 0.3 is 0 Å². The van der Waals surface area contributed by atoms with E-state index in [2.05, 4.69) is 10.3 Å². The van der Waals surface area contributed by atoms with Crippen molar-refractivity contribution in [2.24, 2.45) is 0 Å². The molecule has 2 aromatic carbocycles. The van der Waals surface area contributed by atoms with Gasteiger partial charge in [-0.3, -0.25) is 19.5 Å². The zero-order chi connectivity index (χ0) is 21.1. The number of pyridine rings is 1. The van der Waals surface area contributed by atoms with Crippen LogP contribution < -0.4 is 19.7 Å². The smallest absolute Gasteiger partial charge is 0.257 e. The quantitative estimate of drug-likeness (QED) is 0.639. The first-order valence-electron chi connectivity index (χ1n) is 9.42. The third-order valence-corrected chi connectivity index (χ3v) is 5.18. The first-order valence-corrected chi connectivity index (χ1v) is 9.42. The lowest BCUT2D eigenvalue weighted by Crippen LogP contribution is -2.67. The number of hydrogen-bond acceptors (Lipinski definition) is 5. The Kier molecular flexibility index (Phi) is 5.10. The molecule has 30 heavy (non-hydrogen) atoms. The average Bonchev–Trinajstić information content (AvgIpc) is 2.78. The van der Waals surface area contributed by atoms with Gasteiger partial charge in [0.15, 0.2) is 5.54 Å². The molecule has 1 fully saturated rings. The summed E-state index contributed by atoms with van der Waals surface area (Å²) in [6.07, 6.45) is 1.64. The van der Waals surface area contributed by atoms with E-state index in [1.807, 2.05) is 0 Å². The lowest BCUT2D eigenvalue weighted by atomic mass is 9.78. The number of carbonyl (C=O) groups is 2. The summed E-state index contributed by atoms with van der Waals surface area (Å²) >= 11 is 0. The number of carbonyl (C=O) groups excluding carboxylic acids is 2. The Labute approximate surface area is 174 Å². The monoisotopic (exact) mass is 403 g/mol. The standard InChI is InChI=1S/C23H21N3O4/c1-29-18-10-6-16(7-11-18)25-22(28)23(20-5-3-4-14-24-20)15-21(27)26(23)17-8-12-19(30-2)13-9-17/h3-14H,15H2,1-2H3,(H,25,28). The highest BCUT2D eigenvalue weighted by molar-refractivity contribution is 6.16. The van der Waals surface area contributed by atoms with E-state index in [0.717, 1.165) is 0 Å². The SMILES string of the molecule is COc1ccc(NC(=O)C2(c3ccccn3)CC(=O)N2c2ccc(OC)cc2)cc1. The highest BCUT2D eigenvalue weighted by Gasteiger charge is 2.59. The second-order valence-electron chi connectivity index (χ2n) is 6.86. The van der Waals surface area contributed by atoms with Gasteiger partial charge in [0.1, 0.15) is 11.5 Å². The summed E-state index contributed by atoms with van der Waals surface area (Å²) in [5, 5.41) is 2.92. The van der Waals surface area contributed by atoms with Crippen LogP contribution in [0.25, 0.3) is 0 Å². The van der Waals surface area contributed by atoms with Gasteiger partial charge in [0.25, 0.3) is 5.91 Å². The van der Waals surface area contributed by atoms with Gasteiger partial charge in [0.2, 0.25) is 5.91 Å². The van der Waals surface area contributed by atoms with Crippen molar-refractivity contribution in [3.05, 3.63) is 78.6 Å². The minimum Gasteiger partial charge on any atom is -0.497 e. The lowest BCUT2D eigenvalue weighted by Gasteiger charge is -2.49. The van der Waals surface area contributed by atoms with Gasteiger partial charge in [-0.1, -0.05) is 6.07 Å². The Morgan fingerprint density at radius 3 is 2.13 bits per heavy atom. The minimum absolute atomic E-state index is 0.0258. The summed E-state index contributed by atoms with van der Waals surface area (Å²) in [7, 11) is 3.15. The lowest BCUT2D eigenvalue weighted by molar-refractivity contribution is -0.137. The molecule has 0 aliphatic carbocycles. The van der Waals surface area contributed by atoms with E-state index >= 15 is 0 Å². The molecule has 1 aliphatic heterocycles. The molecule has 7 heteroatoms. The van der Waals surface area contributed by atoms with Gasteiger partial charge in [-0.2, -0.15) is 0 Å². The molecule has 4 rings (SSSR count). The molecule has 2 amide bonds. The number of benzene rings is 2. The number of nitrogens with zero attached hydrogens (tertiary/aromatic N) is 2. The van der Waals surface area contributed by atoms with Crippen molar-refractivity contribution < 1.29 is 19.1 Å². The molecule has 0 bridgehead atoms. The number of hydrogen-bond donors (Lipinski definition) is 1. The molecule has 1 saturated heterocycles. The Bertz CT molecular complexity index is 1050. The largest absolute Gasteiger partial charge is 0.497 e. The summed E-state index contributed by atoms with van der Waals surface area (Å²) < 4.78 is 10.4. The van der Waals surface area contributed by atoms with Crippen LogP contribution in [0.4, 0.5) is 11.4 Å². The molecule has 0 saturated carbocycles. The van der Waals surface area contributed by atoms with Gasteiger partial charge in [-0.05, 0) is 60.7 Å². The van der Waals surface area contributed by atoms with Crippen molar-refractivity contribution >= 4 is 23.2 Å². The number of β-lactam (4-membered cyclic amide) rings is 1. The van der Waals surface area contributed by atoms with Crippen LogP contribution in [0, 0.1) is 0 Å². The Morgan fingerprint density at radius 1 is 0.967 bits per heavy atom. The number of methoxy groups -OCH3 is 2. The molecule has 152 valence electrons. The third-order valence-electron chi connectivity index (χ3n) is 5.18. The van der Waals surface area contributed by atoms with E-state index in [4.69, 9.17) is 9.47 Å². The summed E-state index contributed by atoms with van der Waals surface area (Å²) in [5.74, 6) is 0.862. The fraction of sp³-hybridized carbons (Fsp3) is 0.174. The Morgan fingerprint density at radius 2 is 1.60 bits per heavy atom. The number of aromatic nitrogens is 1. The molecular weight excluding hydrogens is 382 g/mol. The Balaban J connectivity index is 1.73. The number of anilines is 2. The summed E-state index contributed by atoms with van der Waals surface area (Å²) in [4.78, 5) is 32.1. The van der Waals surface area contributed by atoms with Crippen molar-refractivity contribution in [2.75, 3.05) is 24.4 Å². The predicted molar refractivity (Wildman–Crippen MR) is 113 cm³/mol. The molecule has 1 unspecified atom stereocenters. The summed E-state index contributed by atoms with van der Waals surface area (Å²) in [6.45, 7) is 0. The molecule has 3 aromatic rings. The first kappa shape index (κ1) is 19.4. The maximum atomic E-state index is 13.5. The van der Waals surface area contributed by atoms with E-state index in [1.165, 1.54) is 4.90 Å². The number of nitrogens with one attached hydrogen (secondary N) is 1. The fourth-order valence-electron chi connectivity index (χ4n) is 3.61. The van der Waals surface area contributed by atoms with Crippen LogP contribution in [-0.4, -0.2) is 31.0 Å². The number of ether oxygens (including phenoxy) is 2. The van der Waals surface area contributed by atoms with Crippen molar-refractivity contribution in [2.45, 2.75) is 12.0 Å². The highest BCUT2D eigenvalue weighted by Crippen LogP contribution is 2.45. The van der Waals surface area contributed by atoms with Gasteiger partial charge in [0, 0.05) is 17.6 Å². The van der Waals surface area contributed by atoms with Crippen molar-refractivity contribution in [1.82, 2.24) is 4.98 Å². The van der Waals surface area contributed by atoms with Crippen LogP contribution in [0.1, 0.15) is 12.1 Å². The Hall–Kier alpha value is -3.87. The maximum absolute atomic E-state index is 13.5. The molecule has 1 N–H and O–H groups in total. The van der Waals surface area contributed by atoms with Crippen LogP contribution in [0.15, 0.2) is 72.9 Å². The first-order chi connectivity index (χ1) is 14.6. The molecule has 1 aliphatic rings. The summed E-state index contributed by atoms with van der Waals surface area (Å²) in [5.41, 5.74) is 0.464. The van der Waals surface area contributed by atoms with E-state index in [0.29, 0.717) is 28.6 Å². The van der Waals surface area contributed by atoms with Crippen LogP contribution in [0.5, 0.6) is 11.5 Å². The molecule has 0 radical (unpaired) electrons. The molecule has 0 spiro atoms. The van der Waals surface area contributed by atoms with E-state index in [1.54, 1.807) is 87.1 Å². The average molecular weight is 403 g/mol. The maximum Gasteiger partial charge on any atom is 0.257 e. The van der Waals surface area contributed by atoms with E-state index in [9.17, 15) is 9.59 Å². The third kappa shape index (κ3) is 3.24. The molecule has 7 nitrogen and oxygen atoms in total. The van der Waals surface area contributed by atoms with E-state index < -0.39 is 5.54 Å². The highest BCUT2D eigenvalue weighted by atomic mass is 16.5. The predicted octanol–water partition coefficient (Wildman–Crippen LogP) is 3.37. The van der Waals surface area contributed by atoms with Crippen LogP contribution in [0.3, 0.4) is 0 Å². The van der Waals surface area contributed by atoms with Crippen LogP contribution >= 0.6 is 0 Å². The van der Waals surface area contributed by atoms with Gasteiger partial charge in [-0.15, -0.1) is 0 Å². The summed E-state index contributed by atoms with van der Waals surface area (Å²) in [6, 6.07) is 19.4. The molecule has 1 atom stereocenters. The number of rotatable bonds is 6. The van der Waals surface area contributed by atoms with Crippen molar-refractivity contribution in [3.63, 3.8) is 0 Å². The zero-order valence-corrected chi connectivity index (χ0v) is 16.7. The van der Waals surface area contributed by atoms with Crippen molar-refractivity contribution in [3.8, 4) is 11.5 Å². The van der Waals surface area contributed by atoms with E-state index in [-0.39, 0.29) is 18.2 Å². The molecular formula is C23H21N3O4. The minimum atomic E-state index is -1.24. The second kappa shape index (κ2) is 7.87. The number of amides is 2. The normalized spacial score (nSPS) is 17.8. The second-order valence-corrected chi connectivity index (χ2v) is 6.86. The van der Waals surface area contributed by atoms with Gasteiger partial charge < -0.3 is 14.8 Å².